The average molecular weight is 431 g/mol. The number of benzene rings is 2. The van der Waals surface area contributed by atoms with Gasteiger partial charge in [0, 0.05) is 18.8 Å². The summed E-state index contributed by atoms with van der Waals surface area (Å²) in [6.07, 6.45) is 1.46. The number of hydrogen-bond acceptors (Lipinski definition) is 5. The number of nitrogens with one attached hydrogen (secondary N) is 1. The number of hydrogen-bond donors (Lipinski definition) is 1. The first-order chi connectivity index (χ1) is 14.4. The number of carbonyl (C=O) groups is 1. The molecule has 2 aromatic rings. The number of carbonyl (C=O) groups excluding carboxylic acids is 1. The largest absolute Gasteiger partial charge is 0.482 e. The Hall–Kier alpha value is -2.58. The van der Waals surface area contributed by atoms with Crippen LogP contribution in [-0.4, -0.2) is 43.9 Å². The van der Waals surface area contributed by atoms with Gasteiger partial charge < -0.3 is 14.8 Å². The van der Waals surface area contributed by atoms with E-state index in [0.717, 1.165) is 19.3 Å². The highest BCUT2D eigenvalue weighted by molar-refractivity contribution is 7.89. The van der Waals surface area contributed by atoms with Gasteiger partial charge in [-0.15, -0.1) is 0 Å². The van der Waals surface area contributed by atoms with Gasteiger partial charge in [0.2, 0.25) is 16.1 Å². The molecule has 2 heterocycles. The van der Waals surface area contributed by atoms with Crippen molar-refractivity contribution in [3.05, 3.63) is 48.0 Å². The minimum absolute atomic E-state index is 0.224. The quantitative estimate of drug-likeness (QED) is 0.804. The first-order valence-electron chi connectivity index (χ1n) is 10.2. The number of fused-ring (bicyclic) bond motifs is 1. The smallest absolute Gasteiger partial charge is 0.269 e. The molecule has 2 unspecified atom stereocenters. The summed E-state index contributed by atoms with van der Waals surface area (Å²) < 4.78 is 39.4. The van der Waals surface area contributed by atoms with Crippen LogP contribution >= 0.6 is 0 Å². The number of ether oxygens (including phenoxy) is 2. The fourth-order valence-corrected chi connectivity index (χ4v) is 5.59. The molecule has 0 bridgehead atoms. The Labute approximate surface area is 177 Å². The molecule has 2 aliphatic heterocycles. The van der Waals surface area contributed by atoms with Crippen LogP contribution < -0.4 is 14.8 Å². The molecule has 30 heavy (non-hydrogen) atoms. The molecule has 2 aromatic carbocycles. The average Bonchev–Trinajstić information content (AvgIpc) is 2.75. The molecule has 1 amide bonds. The molecule has 0 aliphatic carbocycles. The van der Waals surface area contributed by atoms with E-state index in [2.05, 4.69) is 5.32 Å². The maximum Gasteiger partial charge on any atom is 0.269 e. The molecule has 4 rings (SSSR count). The van der Waals surface area contributed by atoms with Crippen LogP contribution in [-0.2, 0) is 14.8 Å². The highest BCUT2D eigenvalue weighted by Crippen LogP contribution is 2.34. The number of rotatable bonds is 4. The van der Waals surface area contributed by atoms with E-state index in [1.165, 1.54) is 10.4 Å². The fraction of sp³-hybridized carbons (Fsp3) is 0.409. The van der Waals surface area contributed by atoms with Gasteiger partial charge in [-0.3, -0.25) is 4.79 Å². The van der Waals surface area contributed by atoms with E-state index >= 15 is 0 Å². The Morgan fingerprint density at radius 3 is 2.40 bits per heavy atom. The van der Waals surface area contributed by atoms with E-state index < -0.39 is 22.2 Å². The molecule has 0 spiro atoms. The van der Waals surface area contributed by atoms with Crippen LogP contribution in [0, 0.1) is 6.92 Å². The predicted octanol–water partition coefficient (Wildman–Crippen LogP) is 3.34. The summed E-state index contributed by atoms with van der Waals surface area (Å²) >= 11 is 0. The zero-order valence-electron chi connectivity index (χ0n) is 17.1. The molecular weight excluding hydrogens is 404 g/mol. The first-order valence-corrected chi connectivity index (χ1v) is 11.6. The van der Waals surface area contributed by atoms with Crippen LogP contribution in [0.5, 0.6) is 11.5 Å². The van der Waals surface area contributed by atoms with E-state index in [9.17, 15) is 13.2 Å². The van der Waals surface area contributed by atoms with Crippen LogP contribution in [0.15, 0.2) is 47.4 Å². The zero-order chi connectivity index (χ0) is 21.3. The maximum atomic E-state index is 13.1. The molecule has 2 atom stereocenters. The normalized spacial score (nSPS) is 21.8. The SMILES string of the molecule is Cc1ccc(NC(=O)C2Oc3ccccc3OC2C)cc1S(=O)(=O)N1CCCCC1. The van der Waals surface area contributed by atoms with Crippen molar-refractivity contribution in [3.63, 3.8) is 0 Å². The van der Waals surface area contributed by atoms with Crippen molar-refractivity contribution in [2.45, 2.75) is 50.2 Å². The summed E-state index contributed by atoms with van der Waals surface area (Å²) in [5, 5.41) is 2.79. The van der Waals surface area contributed by atoms with Gasteiger partial charge in [-0.05, 0) is 56.5 Å². The topological polar surface area (TPSA) is 84.9 Å². The van der Waals surface area contributed by atoms with Crippen molar-refractivity contribution >= 4 is 21.6 Å². The molecule has 1 N–H and O–H groups in total. The maximum absolute atomic E-state index is 13.1. The summed E-state index contributed by atoms with van der Waals surface area (Å²) in [4.78, 5) is 13.1. The highest BCUT2D eigenvalue weighted by Gasteiger charge is 2.34. The van der Waals surface area contributed by atoms with Crippen molar-refractivity contribution in [1.29, 1.82) is 0 Å². The van der Waals surface area contributed by atoms with Gasteiger partial charge in [0.25, 0.3) is 5.91 Å². The summed E-state index contributed by atoms with van der Waals surface area (Å²) in [5.74, 6) is 0.717. The third-order valence-corrected chi connectivity index (χ3v) is 7.53. The minimum atomic E-state index is -3.60. The molecule has 1 saturated heterocycles. The number of sulfonamides is 1. The van der Waals surface area contributed by atoms with E-state index in [1.807, 2.05) is 12.1 Å². The van der Waals surface area contributed by atoms with Gasteiger partial charge >= 0.3 is 0 Å². The molecule has 0 saturated carbocycles. The van der Waals surface area contributed by atoms with E-state index in [4.69, 9.17) is 9.47 Å². The second-order valence-corrected chi connectivity index (χ2v) is 9.65. The fourth-order valence-electron chi connectivity index (χ4n) is 3.82. The number of amides is 1. The summed E-state index contributed by atoms with van der Waals surface area (Å²) in [7, 11) is -3.60. The summed E-state index contributed by atoms with van der Waals surface area (Å²) in [5.41, 5.74) is 1.06. The van der Waals surface area contributed by atoms with E-state index in [-0.39, 0.29) is 10.8 Å². The third kappa shape index (κ3) is 4.02. The first kappa shape index (κ1) is 20.7. The third-order valence-electron chi connectivity index (χ3n) is 5.49. The highest BCUT2D eigenvalue weighted by atomic mass is 32.2. The van der Waals surface area contributed by atoms with Crippen LogP contribution in [0.3, 0.4) is 0 Å². The Bertz CT molecular complexity index is 1050. The molecule has 1 fully saturated rings. The molecule has 2 aliphatic rings. The lowest BCUT2D eigenvalue weighted by Crippen LogP contribution is -2.46. The van der Waals surface area contributed by atoms with Gasteiger partial charge in [-0.25, -0.2) is 8.42 Å². The summed E-state index contributed by atoms with van der Waals surface area (Å²) in [6.45, 7) is 4.59. The monoisotopic (exact) mass is 430 g/mol. The number of piperidine rings is 1. The zero-order valence-corrected chi connectivity index (χ0v) is 17.9. The molecular formula is C22H26N2O5S. The van der Waals surface area contributed by atoms with Gasteiger partial charge in [0.15, 0.2) is 11.5 Å². The van der Waals surface area contributed by atoms with Gasteiger partial charge in [-0.1, -0.05) is 24.6 Å². The van der Waals surface area contributed by atoms with Crippen LogP contribution in [0.1, 0.15) is 31.7 Å². The van der Waals surface area contributed by atoms with Crippen molar-refractivity contribution in [2.24, 2.45) is 0 Å². The van der Waals surface area contributed by atoms with Crippen molar-refractivity contribution in [2.75, 3.05) is 18.4 Å². The number of aryl methyl sites for hydroxylation is 1. The minimum Gasteiger partial charge on any atom is -0.482 e. The summed E-state index contributed by atoms with van der Waals surface area (Å²) in [6, 6.07) is 12.1. The molecule has 8 heteroatoms. The van der Waals surface area contributed by atoms with E-state index in [1.54, 1.807) is 38.1 Å². The lowest BCUT2D eigenvalue weighted by molar-refractivity contribution is -0.128. The lowest BCUT2D eigenvalue weighted by Gasteiger charge is -2.31. The second kappa shape index (κ2) is 8.28. The molecule has 160 valence electrons. The molecule has 0 aromatic heterocycles. The Balaban J connectivity index is 1.54. The number of para-hydroxylation sites is 2. The predicted molar refractivity (Wildman–Crippen MR) is 113 cm³/mol. The van der Waals surface area contributed by atoms with Crippen molar-refractivity contribution in [1.82, 2.24) is 4.31 Å². The standard InChI is InChI=1S/C22H26N2O5S/c1-15-10-11-17(14-20(15)30(26,27)24-12-6-3-7-13-24)23-22(25)21-16(2)28-18-8-4-5-9-19(18)29-21/h4-5,8-11,14,16,21H,3,6-7,12-13H2,1-2H3,(H,23,25). The van der Waals surface area contributed by atoms with Crippen LogP contribution in [0.25, 0.3) is 0 Å². The van der Waals surface area contributed by atoms with Gasteiger partial charge in [0.05, 0.1) is 4.90 Å². The van der Waals surface area contributed by atoms with Gasteiger partial charge in [-0.2, -0.15) is 4.31 Å². The number of anilines is 1. The molecule has 7 nitrogen and oxygen atoms in total. The lowest BCUT2D eigenvalue weighted by atomic mass is 10.1. The second-order valence-electron chi connectivity index (χ2n) is 7.74. The Kier molecular flexibility index (Phi) is 5.71. The van der Waals surface area contributed by atoms with Gasteiger partial charge in [0.1, 0.15) is 6.10 Å². The van der Waals surface area contributed by atoms with Crippen molar-refractivity contribution in [3.8, 4) is 11.5 Å². The Morgan fingerprint density at radius 1 is 1.03 bits per heavy atom. The Morgan fingerprint density at radius 2 is 1.70 bits per heavy atom. The van der Waals surface area contributed by atoms with Crippen LogP contribution in [0.2, 0.25) is 0 Å². The van der Waals surface area contributed by atoms with Crippen LogP contribution in [0.4, 0.5) is 5.69 Å². The molecule has 0 radical (unpaired) electrons. The van der Waals surface area contributed by atoms with E-state index in [0.29, 0.717) is 35.8 Å². The number of nitrogens with zero attached hydrogens (tertiary/aromatic N) is 1. The van der Waals surface area contributed by atoms with Crippen molar-refractivity contribution < 1.29 is 22.7 Å².